The Kier molecular flexibility index (Phi) is 6.86. The highest BCUT2D eigenvalue weighted by molar-refractivity contribution is 7.90. The van der Waals surface area contributed by atoms with Gasteiger partial charge in [-0.1, -0.05) is 11.6 Å². The zero-order valence-corrected chi connectivity index (χ0v) is 17.9. The van der Waals surface area contributed by atoms with Crippen LogP contribution < -0.4 is 0 Å². The molecule has 0 aliphatic rings. The van der Waals surface area contributed by atoms with Crippen molar-refractivity contribution in [2.75, 3.05) is 19.5 Å². The lowest BCUT2D eigenvalue weighted by molar-refractivity contribution is 0.0472. The van der Waals surface area contributed by atoms with Gasteiger partial charge in [-0.3, -0.25) is 4.79 Å². The first-order chi connectivity index (χ1) is 13.5. The number of benzene rings is 1. The summed E-state index contributed by atoms with van der Waals surface area (Å²) in [6, 6.07) is 3.60. The number of sulfone groups is 1. The van der Waals surface area contributed by atoms with Crippen molar-refractivity contribution in [3.05, 3.63) is 51.3 Å². The quantitative estimate of drug-likeness (QED) is 0.518. The predicted octanol–water partition coefficient (Wildman–Crippen LogP) is 2.90. The van der Waals surface area contributed by atoms with Crippen molar-refractivity contribution < 1.29 is 32.3 Å². The molecule has 0 fully saturated rings. The van der Waals surface area contributed by atoms with Crippen molar-refractivity contribution in [3.63, 3.8) is 0 Å². The number of hydrogen-bond acceptors (Lipinski definition) is 7. The van der Waals surface area contributed by atoms with Gasteiger partial charge in [0.2, 0.25) is 5.78 Å². The first-order valence-electron chi connectivity index (χ1n) is 8.53. The standard InChI is InChI=1S/C19H20ClNO7S/c1-5-27-19(24)17-11(3)21-10(2)16(17)15(22)9-28-18(23)13-8-12(29(4,25)26)6-7-14(13)20/h6-8,21H,5,9H2,1-4H3. The molecule has 2 aromatic rings. The molecule has 0 amide bonds. The van der Waals surface area contributed by atoms with Crippen molar-refractivity contribution in [1.29, 1.82) is 0 Å². The van der Waals surface area contributed by atoms with Crippen LogP contribution in [0.2, 0.25) is 5.02 Å². The second-order valence-corrected chi connectivity index (χ2v) is 8.68. The zero-order chi connectivity index (χ0) is 21.9. The molecule has 2 rings (SSSR count). The van der Waals surface area contributed by atoms with Crippen LogP contribution in [0.4, 0.5) is 0 Å². The summed E-state index contributed by atoms with van der Waals surface area (Å²) >= 11 is 5.96. The Labute approximate surface area is 173 Å². The van der Waals surface area contributed by atoms with Gasteiger partial charge >= 0.3 is 11.9 Å². The van der Waals surface area contributed by atoms with Crippen LogP contribution in [-0.2, 0) is 19.3 Å². The number of hydrogen-bond donors (Lipinski definition) is 1. The van der Waals surface area contributed by atoms with Crippen molar-refractivity contribution in [2.45, 2.75) is 25.7 Å². The van der Waals surface area contributed by atoms with E-state index in [0.717, 1.165) is 12.3 Å². The lowest BCUT2D eigenvalue weighted by Gasteiger charge is -2.09. The number of ether oxygens (including phenoxy) is 2. The Hall–Kier alpha value is -2.65. The van der Waals surface area contributed by atoms with E-state index in [-0.39, 0.29) is 33.2 Å². The average molecular weight is 442 g/mol. The first-order valence-corrected chi connectivity index (χ1v) is 10.8. The molecule has 0 spiro atoms. The van der Waals surface area contributed by atoms with Crippen LogP contribution in [-0.4, -0.2) is 50.6 Å². The highest BCUT2D eigenvalue weighted by Gasteiger charge is 2.26. The third-order valence-corrected chi connectivity index (χ3v) is 5.49. The molecule has 10 heteroatoms. The van der Waals surface area contributed by atoms with Crippen molar-refractivity contribution >= 4 is 39.2 Å². The van der Waals surface area contributed by atoms with Gasteiger partial charge in [-0.15, -0.1) is 0 Å². The number of esters is 2. The largest absolute Gasteiger partial charge is 0.462 e. The van der Waals surface area contributed by atoms with Gasteiger partial charge in [0.1, 0.15) is 0 Å². The fourth-order valence-corrected chi connectivity index (χ4v) is 3.60. The van der Waals surface area contributed by atoms with E-state index >= 15 is 0 Å². The molecule has 0 saturated heterocycles. The summed E-state index contributed by atoms with van der Waals surface area (Å²) in [5.74, 6) is -2.23. The van der Waals surface area contributed by atoms with Crippen molar-refractivity contribution in [3.8, 4) is 0 Å². The molecule has 0 aliphatic heterocycles. The summed E-state index contributed by atoms with van der Waals surface area (Å²) in [6.45, 7) is 4.35. The van der Waals surface area contributed by atoms with Gasteiger partial charge in [0.25, 0.3) is 0 Å². The number of ketones is 1. The number of H-pyrrole nitrogens is 1. The molecular formula is C19H20ClNO7S. The van der Waals surface area contributed by atoms with E-state index in [0.29, 0.717) is 11.4 Å². The lowest BCUT2D eigenvalue weighted by atomic mass is 10.1. The molecule has 0 unspecified atom stereocenters. The monoisotopic (exact) mass is 441 g/mol. The van der Waals surface area contributed by atoms with Crippen molar-refractivity contribution in [2.24, 2.45) is 0 Å². The normalized spacial score (nSPS) is 11.2. The highest BCUT2D eigenvalue weighted by Crippen LogP contribution is 2.23. The number of carbonyl (C=O) groups excluding carboxylic acids is 3. The number of aromatic amines is 1. The molecule has 1 N–H and O–H groups in total. The summed E-state index contributed by atoms with van der Waals surface area (Å²) in [6.07, 6.45) is 0.989. The fraction of sp³-hybridized carbons (Fsp3) is 0.316. The molecule has 0 aliphatic carbocycles. The highest BCUT2D eigenvalue weighted by atomic mass is 35.5. The second kappa shape index (κ2) is 8.79. The van der Waals surface area contributed by atoms with Gasteiger partial charge in [-0.05, 0) is 39.0 Å². The summed E-state index contributed by atoms with van der Waals surface area (Å²) < 4.78 is 33.3. The molecule has 1 aromatic carbocycles. The van der Waals surface area contributed by atoms with Crippen LogP contribution in [0.3, 0.4) is 0 Å². The molecule has 1 heterocycles. The number of rotatable bonds is 7. The van der Waals surface area contributed by atoms with E-state index in [4.69, 9.17) is 21.1 Å². The topological polar surface area (TPSA) is 120 Å². The third-order valence-electron chi connectivity index (χ3n) is 4.05. The molecule has 1 aromatic heterocycles. The number of Topliss-reactive ketones (excluding diaryl/α,β-unsaturated/α-hetero) is 1. The number of nitrogens with one attached hydrogen (secondary N) is 1. The van der Waals surface area contributed by atoms with Crippen LogP contribution in [0.25, 0.3) is 0 Å². The number of aryl methyl sites for hydroxylation is 2. The van der Waals surface area contributed by atoms with E-state index in [9.17, 15) is 22.8 Å². The molecule has 0 atom stereocenters. The van der Waals surface area contributed by atoms with E-state index in [2.05, 4.69) is 4.98 Å². The number of halogens is 1. The van der Waals surface area contributed by atoms with Gasteiger partial charge < -0.3 is 14.5 Å². The molecule has 0 saturated carbocycles. The van der Waals surface area contributed by atoms with E-state index in [1.54, 1.807) is 20.8 Å². The summed E-state index contributed by atoms with van der Waals surface area (Å²) in [7, 11) is -3.56. The van der Waals surface area contributed by atoms with Crippen LogP contribution >= 0.6 is 11.6 Å². The molecule has 29 heavy (non-hydrogen) atoms. The Morgan fingerprint density at radius 1 is 1.03 bits per heavy atom. The van der Waals surface area contributed by atoms with Gasteiger partial charge in [0.05, 0.1) is 33.2 Å². The maximum Gasteiger partial charge on any atom is 0.340 e. The molecular weight excluding hydrogens is 422 g/mol. The van der Waals surface area contributed by atoms with E-state index < -0.39 is 34.2 Å². The van der Waals surface area contributed by atoms with Gasteiger partial charge in [-0.2, -0.15) is 0 Å². The van der Waals surface area contributed by atoms with Crippen molar-refractivity contribution in [1.82, 2.24) is 4.98 Å². The molecule has 0 bridgehead atoms. The van der Waals surface area contributed by atoms with E-state index in [1.165, 1.54) is 12.1 Å². The number of aromatic nitrogens is 1. The van der Waals surface area contributed by atoms with Gasteiger partial charge in [0, 0.05) is 17.6 Å². The summed E-state index contributed by atoms with van der Waals surface area (Å²) in [5, 5.41) is -0.0178. The summed E-state index contributed by atoms with van der Waals surface area (Å²) in [5.41, 5.74) is 0.866. The first kappa shape index (κ1) is 22.6. The SMILES string of the molecule is CCOC(=O)c1c(C)[nH]c(C)c1C(=O)COC(=O)c1cc(S(C)(=O)=O)ccc1Cl. The van der Waals surface area contributed by atoms with E-state index in [1.807, 2.05) is 0 Å². The minimum Gasteiger partial charge on any atom is -0.462 e. The maximum absolute atomic E-state index is 12.6. The predicted molar refractivity (Wildman–Crippen MR) is 105 cm³/mol. The van der Waals surface area contributed by atoms with Gasteiger partial charge in [-0.25, -0.2) is 18.0 Å². The van der Waals surface area contributed by atoms with Crippen LogP contribution in [0.5, 0.6) is 0 Å². The fourth-order valence-electron chi connectivity index (χ4n) is 2.76. The molecule has 156 valence electrons. The Bertz CT molecular complexity index is 1090. The van der Waals surface area contributed by atoms with Gasteiger partial charge in [0.15, 0.2) is 16.4 Å². The second-order valence-electron chi connectivity index (χ2n) is 6.26. The number of carbonyl (C=O) groups is 3. The maximum atomic E-state index is 12.6. The average Bonchev–Trinajstić information content (AvgIpc) is 2.93. The minimum absolute atomic E-state index is 0.0178. The van der Waals surface area contributed by atoms with Crippen LogP contribution in [0, 0.1) is 13.8 Å². The molecule has 0 radical (unpaired) electrons. The Morgan fingerprint density at radius 3 is 2.24 bits per heavy atom. The lowest BCUT2D eigenvalue weighted by Crippen LogP contribution is -2.18. The molecule has 8 nitrogen and oxygen atoms in total. The smallest absolute Gasteiger partial charge is 0.340 e. The Morgan fingerprint density at radius 2 is 1.66 bits per heavy atom. The minimum atomic E-state index is -3.56. The van der Waals surface area contributed by atoms with Crippen LogP contribution in [0.1, 0.15) is 49.4 Å². The Balaban J connectivity index is 2.25. The third kappa shape index (κ3) is 5.04. The summed E-state index contributed by atoms with van der Waals surface area (Å²) in [4.78, 5) is 39.9. The van der Waals surface area contributed by atoms with Crippen LogP contribution in [0.15, 0.2) is 23.1 Å². The zero-order valence-electron chi connectivity index (χ0n) is 16.3.